The second-order valence-corrected chi connectivity index (χ2v) is 5.37. The molecule has 3 rings (SSSR count). The van der Waals surface area contributed by atoms with E-state index in [1.54, 1.807) is 12.1 Å². The topological polar surface area (TPSA) is 70.8 Å². The fraction of sp³-hybridized carbons (Fsp3) is 0.385. The summed E-state index contributed by atoms with van der Waals surface area (Å²) in [7, 11) is 0. The molecule has 0 bridgehead atoms. The van der Waals surface area contributed by atoms with Crippen molar-refractivity contribution in [2.75, 3.05) is 18.0 Å². The fourth-order valence-corrected chi connectivity index (χ4v) is 2.45. The average Bonchev–Trinajstić information content (AvgIpc) is 2.89. The van der Waals surface area contributed by atoms with Crippen molar-refractivity contribution >= 4 is 17.5 Å². The molecule has 0 radical (unpaired) electrons. The van der Waals surface area contributed by atoms with Crippen LogP contribution in [0.2, 0.25) is 5.02 Å². The second-order valence-electron chi connectivity index (χ2n) is 4.93. The molecule has 0 atom stereocenters. The third-order valence-electron chi connectivity index (χ3n) is 3.48. The van der Waals surface area contributed by atoms with E-state index in [0.717, 1.165) is 25.9 Å². The van der Waals surface area contributed by atoms with Crippen molar-refractivity contribution in [2.24, 2.45) is 5.73 Å². The summed E-state index contributed by atoms with van der Waals surface area (Å²) in [5, 5.41) is 7.29. The Bertz CT molecular complexity index is 607. The third kappa shape index (κ3) is 2.62. The number of nitrogens with zero attached hydrogens (tertiary/aromatic N) is 3. The maximum atomic E-state index is 13.8. The van der Waals surface area contributed by atoms with Gasteiger partial charge in [-0.2, -0.15) is 4.98 Å². The van der Waals surface area contributed by atoms with Crippen molar-refractivity contribution in [2.45, 2.75) is 18.9 Å². The van der Waals surface area contributed by atoms with Crippen LogP contribution in [0, 0.1) is 5.82 Å². The zero-order valence-corrected chi connectivity index (χ0v) is 11.6. The molecule has 20 heavy (non-hydrogen) atoms. The summed E-state index contributed by atoms with van der Waals surface area (Å²) in [4.78, 5) is 6.41. The van der Waals surface area contributed by atoms with Crippen molar-refractivity contribution in [3.05, 3.63) is 29.0 Å². The minimum Gasteiger partial charge on any atom is -0.339 e. The predicted octanol–water partition coefficient (Wildman–Crippen LogP) is 2.19. The first-order valence-corrected chi connectivity index (χ1v) is 6.89. The van der Waals surface area contributed by atoms with E-state index in [1.807, 2.05) is 0 Å². The van der Waals surface area contributed by atoms with Gasteiger partial charge < -0.3 is 10.6 Å². The van der Waals surface area contributed by atoms with Crippen molar-refractivity contribution in [3.8, 4) is 11.4 Å². The lowest BCUT2D eigenvalue weighted by Gasteiger charge is -2.28. The van der Waals surface area contributed by atoms with Crippen molar-refractivity contribution < 1.29 is 4.39 Å². The molecule has 1 saturated heterocycles. The van der Waals surface area contributed by atoms with Gasteiger partial charge in [-0.15, -0.1) is 5.10 Å². The number of halogens is 2. The van der Waals surface area contributed by atoms with Gasteiger partial charge in [-0.1, -0.05) is 11.6 Å². The number of anilines is 1. The molecular formula is C13H15ClFN5. The van der Waals surface area contributed by atoms with Crippen LogP contribution in [0.25, 0.3) is 11.4 Å². The van der Waals surface area contributed by atoms with Gasteiger partial charge in [0.2, 0.25) is 5.95 Å². The van der Waals surface area contributed by atoms with Crippen LogP contribution in [0.4, 0.5) is 10.3 Å². The zero-order chi connectivity index (χ0) is 14.1. The highest BCUT2D eigenvalue weighted by Gasteiger charge is 2.20. The Hall–Kier alpha value is -1.66. The van der Waals surface area contributed by atoms with Crippen molar-refractivity contribution in [1.82, 2.24) is 15.2 Å². The zero-order valence-electron chi connectivity index (χ0n) is 10.8. The summed E-state index contributed by atoms with van der Waals surface area (Å²) >= 11 is 5.74. The number of aromatic amines is 1. The number of benzene rings is 1. The van der Waals surface area contributed by atoms with Gasteiger partial charge in [-0.25, -0.2) is 4.39 Å². The quantitative estimate of drug-likeness (QED) is 0.891. The predicted molar refractivity (Wildman–Crippen MR) is 76.2 cm³/mol. The lowest BCUT2D eigenvalue weighted by atomic mass is 10.1. The number of aromatic nitrogens is 3. The lowest BCUT2D eigenvalue weighted by Crippen LogP contribution is -2.40. The molecule has 1 aliphatic rings. The Labute approximate surface area is 120 Å². The summed E-state index contributed by atoms with van der Waals surface area (Å²) in [6, 6.07) is 4.73. The van der Waals surface area contributed by atoms with Crippen LogP contribution in [0.3, 0.4) is 0 Å². The van der Waals surface area contributed by atoms with Gasteiger partial charge >= 0.3 is 0 Å². The van der Waals surface area contributed by atoms with Gasteiger partial charge in [0, 0.05) is 24.2 Å². The Morgan fingerprint density at radius 2 is 2.10 bits per heavy atom. The minimum absolute atomic E-state index is 0.248. The highest BCUT2D eigenvalue weighted by Crippen LogP contribution is 2.24. The van der Waals surface area contributed by atoms with Crippen LogP contribution in [0.1, 0.15) is 12.8 Å². The summed E-state index contributed by atoms with van der Waals surface area (Å²) < 4.78 is 13.8. The van der Waals surface area contributed by atoms with E-state index in [0.29, 0.717) is 22.4 Å². The average molecular weight is 296 g/mol. The van der Waals surface area contributed by atoms with E-state index in [2.05, 4.69) is 20.1 Å². The van der Waals surface area contributed by atoms with Crippen LogP contribution >= 0.6 is 11.6 Å². The van der Waals surface area contributed by atoms with E-state index in [9.17, 15) is 4.39 Å². The molecule has 5 nitrogen and oxygen atoms in total. The largest absolute Gasteiger partial charge is 0.339 e. The number of piperidine rings is 1. The first-order valence-electron chi connectivity index (χ1n) is 6.52. The molecule has 0 saturated carbocycles. The Balaban J connectivity index is 1.83. The summed E-state index contributed by atoms with van der Waals surface area (Å²) in [6.45, 7) is 1.64. The number of nitrogens with two attached hydrogens (primary N) is 1. The molecule has 1 aromatic carbocycles. The number of nitrogens with one attached hydrogen (secondary N) is 1. The Morgan fingerprint density at radius 1 is 1.35 bits per heavy atom. The smallest absolute Gasteiger partial charge is 0.245 e. The van der Waals surface area contributed by atoms with Crippen LogP contribution in [-0.2, 0) is 0 Å². The SMILES string of the molecule is NC1CCN(c2n[nH]c(-c3ccc(Cl)cc3F)n2)CC1. The number of H-pyrrole nitrogens is 1. The molecular weight excluding hydrogens is 281 g/mol. The van der Waals surface area contributed by atoms with E-state index in [4.69, 9.17) is 17.3 Å². The second kappa shape index (κ2) is 5.38. The molecule has 7 heteroatoms. The van der Waals surface area contributed by atoms with E-state index in [-0.39, 0.29) is 6.04 Å². The summed E-state index contributed by atoms with van der Waals surface area (Å²) in [5.41, 5.74) is 6.23. The standard InChI is InChI=1S/C13H15ClFN5/c14-8-1-2-10(11(15)7-8)12-17-13(19-18-12)20-5-3-9(16)4-6-20/h1-2,7,9H,3-6,16H2,(H,17,18,19). The van der Waals surface area contributed by atoms with Crippen LogP contribution in [0.15, 0.2) is 18.2 Å². The van der Waals surface area contributed by atoms with Gasteiger partial charge in [0.25, 0.3) is 0 Å². The Morgan fingerprint density at radius 3 is 2.80 bits per heavy atom. The number of hydrogen-bond acceptors (Lipinski definition) is 4. The van der Waals surface area contributed by atoms with Gasteiger partial charge in [-0.3, -0.25) is 5.10 Å². The highest BCUT2D eigenvalue weighted by atomic mass is 35.5. The highest BCUT2D eigenvalue weighted by molar-refractivity contribution is 6.30. The van der Waals surface area contributed by atoms with Crippen molar-refractivity contribution in [3.63, 3.8) is 0 Å². The third-order valence-corrected chi connectivity index (χ3v) is 3.72. The van der Waals surface area contributed by atoms with Crippen LogP contribution in [-0.4, -0.2) is 34.3 Å². The molecule has 0 aliphatic carbocycles. The van der Waals surface area contributed by atoms with Gasteiger partial charge in [0.15, 0.2) is 5.82 Å². The normalized spacial score (nSPS) is 16.6. The molecule has 106 valence electrons. The van der Waals surface area contributed by atoms with Crippen LogP contribution in [0.5, 0.6) is 0 Å². The van der Waals surface area contributed by atoms with Gasteiger partial charge in [-0.05, 0) is 31.0 Å². The number of hydrogen-bond donors (Lipinski definition) is 2. The maximum Gasteiger partial charge on any atom is 0.245 e. The first kappa shape index (κ1) is 13.3. The molecule has 3 N–H and O–H groups in total. The molecule has 0 amide bonds. The molecule has 0 unspecified atom stereocenters. The first-order chi connectivity index (χ1) is 9.63. The summed E-state index contributed by atoms with van der Waals surface area (Å²) in [6.07, 6.45) is 1.83. The number of rotatable bonds is 2. The van der Waals surface area contributed by atoms with E-state index in [1.165, 1.54) is 6.07 Å². The molecule has 1 aromatic heterocycles. The van der Waals surface area contributed by atoms with Gasteiger partial charge in [0.05, 0.1) is 5.56 Å². The monoisotopic (exact) mass is 295 g/mol. The molecule has 2 aromatic rings. The minimum atomic E-state index is -0.416. The fourth-order valence-electron chi connectivity index (χ4n) is 2.30. The molecule has 1 aliphatic heterocycles. The van der Waals surface area contributed by atoms with Gasteiger partial charge in [0.1, 0.15) is 5.82 Å². The molecule has 0 spiro atoms. The summed E-state index contributed by atoms with van der Waals surface area (Å²) in [5.74, 6) is 0.575. The Kier molecular flexibility index (Phi) is 3.58. The molecule has 1 fully saturated rings. The maximum absolute atomic E-state index is 13.8. The van der Waals surface area contributed by atoms with Crippen LogP contribution < -0.4 is 10.6 Å². The molecule has 2 heterocycles. The van der Waals surface area contributed by atoms with E-state index >= 15 is 0 Å². The lowest BCUT2D eigenvalue weighted by molar-refractivity contribution is 0.496. The van der Waals surface area contributed by atoms with Crippen molar-refractivity contribution in [1.29, 1.82) is 0 Å². The van der Waals surface area contributed by atoms with E-state index < -0.39 is 5.82 Å².